The van der Waals surface area contributed by atoms with Crippen LogP contribution in [0.2, 0.25) is 0 Å². The van der Waals surface area contributed by atoms with Gasteiger partial charge in [0.2, 0.25) is 0 Å². The van der Waals surface area contributed by atoms with E-state index in [1.807, 2.05) is 0 Å². The molecule has 25 heavy (non-hydrogen) atoms. The van der Waals surface area contributed by atoms with Gasteiger partial charge in [-0.15, -0.1) is 12.4 Å². The highest BCUT2D eigenvalue weighted by Gasteiger charge is 2.34. The lowest BCUT2D eigenvalue weighted by Crippen LogP contribution is -2.50. The maximum absolute atomic E-state index is 6.01. The molecule has 3 unspecified atom stereocenters. The topological polar surface area (TPSA) is 42.5 Å². The van der Waals surface area contributed by atoms with Crippen molar-refractivity contribution in [2.75, 3.05) is 19.8 Å². The maximum atomic E-state index is 6.01. The van der Waals surface area contributed by atoms with Crippen molar-refractivity contribution in [3.8, 4) is 5.75 Å². The van der Waals surface area contributed by atoms with Crippen LogP contribution in [0.5, 0.6) is 5.75 Å². The van der Waals surface area contributed by atoms with Crippen molar-refractivity contribution in [2.45, 2.75) is 64.8 Å². The highest BCUT2D eigenvalue weighted by molar-refractivity contribution is 5.85. The molecule has 0 radical (unpaired) electrons. The number of benzene rings is 1. The summed E-state index contributed by atoms with van der Waals surface area (Å²) >= 11 is 0. The molecule has 2 fully saturated rings. The number of hydrogen-bond acceptors (Lipinski definition) is 4. The van der Waals surface area contributed by atoms with Crippen LogP contribution in [0.15, 0.2) is 18.2 Å². The molecule has 1 aromatic carbocycles. The molecule has 0 aromatic heterocycles. The second-order valence-electron chi connectivity index (χ2n) is 7.50. The second-order valence-corrected chi connectivity index (χ2v) is 7.50. The van der Waals surface area contributed by atoms with Crippen molar-refractivity contribution in [1.82, 2.24) is 10.6 Å². The third kappa shape index (κ3) is 5.58. The van der Waals surface area contributed by atoms with Gasteiger partial charge >= 0.3 is 0 Å². The van der Waals surface area contributed by atoms with Gasteiger partial charge in [-0.25, -0.2) is 0 Å². The molecule has 1 saturated carbocycles. The molecular formula is C20H33ClN2O2. The fourth-order valence-electron chi connectivity index (χ4n) is 4.00. The average Bonchev–Trinajstić information content (AvgIpc) is 3.03. The van der Waals surface area contributed by atoms with E-state index in [0.717, 1.165) is 32.1 Å². The van der Waals surface area contributed by atoms with E-state index in [1.54, 1.807) is 0 Å². The Morgan fingerprint density at radius 1 is 1.32 bits per heavy atom. The highest BCUT2D eigenvalue weighted by Crippen LogP contribution is 2.30. The van der Waals surface area contributed by atoms with Crippen LogP contribution in [-0.2, 0) is 11.3 Å². The first kappa shape index (κ1) is 20.5. The van der Waals surface area contributed by atoms with Crippen LogP contribution in [0.4, 0.5) is 0 Å². The lowest BCUT2D eigenvalue weighted by atomic mass is 9.94. The number of halogens is 1. The van der Waals surface area contributed by atoms with Gasteiger partial charge in [-0.2, -0.15) is 0 Å². The first-order valence-electron chi connectivity index (χ1n) is 9.44. The van der Waals surface area contributed by atoms with E-state index in [0.29, 0.717) is 18.0 Å². The van der Waals surface area contributed by atoms with Crippen LogP contribution in [-0.4, -0.2) is 37.9 Å². The molecule has 0 amide bonds. The standard InChI is InChI=1S/C20H32N2O2.ClH/c1-14(2)24-20-11-15(3)7-8-16(20)12-22-18-6-4-5-17(18)19-13-23-10-9-21-19;/h7-8,11,14,17-19,21-22H,4-6,9-10,12-13H2,1-3H3;1H. The van der Waals surface area contributed by atoms with E-state index in [9.17, 15) is 0 Å². The third-order valence-electron chi connectivity index (χ3n) is 5.18. The zero-order valence-corrected chi connectivity index (χ0v) is 16.5. The molecule has 1 saturated heterocycles. The Labute approximate surface area is 158 Å². The van der Waals surface area contributed by atoms with Crippen molar-refractivity contribution in [3.63, 3.8) is 0 Å². The summed E-state index contributed by atoms with van der Waals surface area (Å²) in [5.74, 6) is 1.69. The molecule has 2 aliphatic rings. The van der Waals surface area contributed by atoms with Gasteiger partial charge in [0.05, 0.1) is 19.3 Å². The van der Waals surface area contributed by atoms with E-state index in [4.69, 9.17) is 9.47 Å². The van der Waals surface area contributed by atoms with Gasteiger partial charge in [-0.1, -0.05) is 18.6 Å². The summed E-state index contributed by atoms with van der Waals surface area (Å²) < 4.78 is 11.7. The molecule has 1 heterocycles. The summed E-state index contributed by atoms with van der Waals surface area (Å²) in [7, 11) is 0. The van der Waals surface area contributed by atoms with Crippen molar-refractivity contribution in [1.29, 1.82) is 0 Å². The molecule has 3 atom stereocenters. The molecule has 1 aromatic rings. The van der Waals surface area contributed by atoms with Crippen molar-refractivity contribution >= 4 is 12.4 Å². The van der Waals surface area contributed by atoms with E-state index >= 15 is 0 Å². The lowest BCUT2D eigenvalue weighted by molar-refractivity contribution is 0.0524. The molecule has 1 aliphatic heterocycles. The quantitative estimate of drug-likeness (QED) is 0.807. The van der Waals surface area contributed by atoms with E-state index < -0.39 is 0 Å². The van der Waals surface area contributed by atoms with Gasteiger partial charge in [-0.3, -0.25) is 0 Å². The number of morpholine rings is 1. The number of nitrogens with one attached hydrogen (secondary N) is 2. The van der Waals surface area contributed by atoms with Gasteiger partial charge < -0.3 is 20.1 Å². The largest absolute Gasteiger partial charge is 0.491 e. The van der Waals surface area contributed by atoms with E-state index in [1.165, 1.54) is 30.4 Å². The van der Waals surface area contributed by atoms with Gasteiger partial charge in [0.25, 0.3) is 0 Å². The first-order valence-corrected chi connectivity index (χ1v) is 9.44. The zero-order chi connectivity index (χ0) is 16.9. The average molecular weight is 369 g/mol. The van der Waals surface area contributed by atoms with E-state index in [-0.39, 0.29) is 18.5 Å². The van der Waals surface area contributed by atoms with E-state index in [2.05, 4.69) is 49.6 Å². The van der Waals surface area contributed by atoms with Gasteiger partial charge in [0, 0.05) is 30.7 Å². The Morgan fingerprint density at radius 3 is 2.88 bits per heavy atom. The van der Waals surface area contributed by atoms with Crippen molar-refractivity contribution < 1.29 is 9.47 Å². The lowest BCUT2D eigenvalue weighted by Gasteiger charge is -2.33. The minimum atomic E-state index is 0. The molecule has 5 heteroatoms. The summed E-state index contributed by atoms with van der Waals surface area (Å²) in [5.41, 5.74) is 2.50. The Morgan fingerprint density at radius 2 is 2.16 bits per heavy atom. The Balaban J connectivity index is 0.00000225. The molecule has 0 spiro atoms. The number of aryl methyl sites for hydroxylation is 1. The minimum absolute atomic E-state index is 0. The van der Waals surface area contributed by atoms with Crippen LogP contribution in [0.3, 0.4) is 0 Å². The molecule has 3 rings (SSSR count). The first-order chi connectivity index (χ1) is 11.6. The second kappa shape index (κ2) is 9.77. The van der Waals surface area contributed by atoms with Crippen LogP contribution < -0.4 is 15.4 Å². The van der Waals surface area contributed by atoms with Crippen molar-refractivity contribution in [2.24, 2.45) is 5.92 Å². The number of hydrogen-bond donors (Lipinski definition) is 2. The summed E-state index contributed by atoms with van der Waals surface area (Å²) in [4.78, 5) is 0. The SMILES string of the molecule is Cc1ccc(CNC2CCCC2C2COCCN2)c(OC(C)C)c1.Cl. The molecule has 142 valence electrons. The fourth-order valence-corrected chi connectivity index (χ4v) is 4.00. The molecule has 1 aliphatic carbocycles. The molecule has 0 bridgehead atoms. The predicted molar refractivity (Wildman–Crippen MR) is 105 cm³/mol. The van der Waals surface area contributed by atoms with Crippen LogP contribution in [0.25, 0.3) is 0 Å². The summed E-state index contributed by atoms with van der Waals surface area (Å²) in [6, 6.07) is 7.60. The normalized spacial score (nSPS) is 26.5. The Bertz CT molecular complexity index is 532. The summed E-state index contributed by atoms with van der Waals surface area (Å²) in [6.07, 6.45) is 4.06. The van der Waals surface area contributed by atoms with Crippen LogP contribution in [0, 0.1) is 12.8 Å². The van der Waals surface area contributed by atoms with Gasteiger partial charge in [-0.05, 0) is 51.2 Å². The zero-order valence-electron chi connectivity index (χ0n) is 15.7. The number of ether oxygens (including phenoxy) is 2. The van der Waals surface area contributed by atoms with Gasteiger partial charge in [0.1, 0.15) is 5.75 Å². The monoisotopic (exact) mass is 368 g/mol. The Hall–Kier alpha value is -0.810. The smallest absolute Gasteiger partial charge is 0.124 e. The molecule has 4 nitrogen and oxygen atoms in total. The minimum Gasteiger partial charge on any atom is -0.491 e. The maximum Gasteiger partial charge on any atom is 0.124 e. The summed E-state index contributed by atoms with van der Waals surface area (Å²) in [5, 5.41) is 7.45. The Kier molecular flexibility index (Phi) is 8.01. The predicted octanol–water partition coefficient (Wildman–Crippen LogP) is 3.45. The third-order valence-corrected chi connectivity index (χ3v) is 5.18. The molecule has 2 N–H and O–H groups in total. The molecular weight excluding hydrogens is 336 g/mol. The number of rotatable bonds is 6. The highest BCUT2D eigenvalue weighted by atomic mass is 35.5. The summed E-state index contributed by atoms with van der Waals surface area (Å²) in [6.45, 7) is 9.85. The van der Waals surface area contributed by atoms with Crippen LogP contribution in [0.1, 0.15) is 44.2 Å². The fraction of sp³-hybridized carbons (Fsp3) is 0.700. The van der Waals surface area contributed by atoms with Gasteiger partial charge in [0.15, 0.2) is 0 Å². The van der Waals surface area contributed by atoms with Crippen molar-refractivity contribution in [3.05, 3.63) is 29.3 Å². The van der Waals surface area contributed by atoms with Crippen LogP contribution >= 0.6 is 12.4 Å².